The molecule has 36 heavy (non-hydrogen) atoms. The molecule has 1 heterocycles. The number of nitrogens with zero attached hydrogens (tertiary/aromatic N) is 1. The van der Waals surface area contributed by atoms with Gasteiger partial charge in [0.1, 0.15) is 10.6 Å². The fourth-order valence-corrected chi connectivity index (χ4v) is 5.52. The van der Waals surface area contributed by atoms with Crippen LogP contribution < -0.4 is 19.1 Å². The van der Waals surface area contributed by atoms with E-state index in [-0.39, 0.29) is 51.0 Å². The van der Waals surface area contributed by atoms with Gasteiger partial charge in [0.2, 0.25) is 0 Å². The van der Waals surface area contributed by atoms with Crippen molar-refractivity contribution in [1.82, 2.24) is 0 Å². The first-order valence-electron chi connectivity index (χ1n) is 10.6. The molecule has 0 unspecified atom stereocenters. The van der Waals surface area contributed by atoms with Gasteiger partial charge in [0, 0.05) is 16.3 Å². The van der Waals surface area contributed by atoms with E-state index in [1.807, 2.05) is 0 Å². The van der Waals surface area contributed by atoms with E-state index in [1.54, 1.807) is 19.1 Å². The molecule has 0 atom stereocenters. The van der Waals surface area contributed by atoms with Crippen molar-refractivity contribution < 1.29 is 32.2 Å². The molecule has 0 saturated carbocycles. The number of carbonyl (C=O) groups excluding carboxylic acids is 2. The molecule has 3 aromatic carbocycles. The Balaban J connectivity index is 1.63. The summed E-state index contributed by atoms with van der Waals surface area (Å²) in [6, 6.07) is 13.1. The Hall–Kier alpha value is -3.47. The van der Waals surface area contributed by atoms with Gasteiger partial charge in [-0.1, -0.05) is 23.2 Å². The van der Waals surface area contributed by atoms with Crippen LogP contribution in [-0.2, 0) is 14.8 Å². The second-order valence-corrected chi connectivity index (χ2v) is 10.2. The largest absolute Gasteiger partial charge is 0.495 e. The van der Waals surface area contributed by atoms with Crippen LogP contribution in [-0.4, -0.2) is 40.7 Å². The average Bonchev–Trinajstić information content (AvgIpc) is 3.30. The highest BCUT2D eigenvalue weighted by Crippen LogP contribution is 2.44. The van der Waals surface area contributed by atoms with Crippen molar-refractivity contribution >= 4 is 56.5 Å². The van der Waals surface area contributed by atoms with E-state index >= 15 is 0 Å². The number of anilines is 2. The van der Waals surface area contributed by atoms with Crippen LogP contribution >= 0.6 is 23.2 Å². The fourth-order valence-electron chi connectivity index (χ4n) is 3.51. The number of amides is 1. The maximum absolute atomic E-state index is 13.5. The van der Waals surface area contributed by atoms with Gasteiger partial charge in [-0.25, -0.2) is 17.5 Å². The highest BCUT2D eigenvalue weighted by atomic mass is 35.5. The molecule has 0 spiro atoms. The monoisotopic (exact) mass is 550 g/mol. The number of rotatable bonds is 7. The minimum absolute atomic E-state index is 0.0612. The molecular formula is C24H20Cl2N2O7S. The zero-order valence-electron chi connectivity index (χ0n) is 19.1. The number of halogens is 2. The summed E-state index contributed by atoms with van der Waals surface area (Å²) in [6.07, 6.45) is 0. The number of benzene rings is 3. The molecule has 0 aliphatic carbocycles. The average molecular weight is 551 g/mol. The Morgan fingerprint density at radius 2 is 1.78 bits per heavy atom. The van der Waals surface area contributed by atoms with E-state index in [0.29, 0.717) is 11.3 Å². The number of methoxy groups -OCH3 is 1. The Morgan fingerprint density at radius 3 is 2.44 bits per heavy atom. The summed E-state index contributed by atoms with van der Waals surface area (Å²) in [6.45, 7) is 1.60. The van der Waals surface area contributed by atoms with Crippen LogP contribution in [0.5, 0.6) is 11.5 Å². The number of sulfonamides is 1. The number of hydrogen-bond acceptors (Lipinski definition) is 7. The normalized spacial score (nSPS) is 12.5. The molecule has 1 aliphatic rings. The fraction of sp³-hybridized carbons (Fsp3) is 0.167. The molecule has 4 rings (SSSR count). The summed E-state index contributed by atoms with van der Waals surface area (Å²) in [4.78, 5) is 24.6. The molecule has 1 aliphatic heterocycles. The van der Waals surface area contributed by atoms with Gasteiger partial charge >= 0.3 is 5.97 Å². The smallest absolute Gasteiger partial charge is 0.338 e. The Labute approximate surface area is 217 Å². The number of ether oxygens (including phenoxy) is 3. The minimum atomic E-state index is -4.19. The summed E-state index contributed by atoms with van der Waals surface area (Å²) in [7, 11) is -2.85. The number of esters is 1. The van der Waals surface area contributed by atoms with Gasteiger partial charge in [-0.3, -0.25) is 4.79 Å². The number of hydrogen-bond donors (Lipinski definition) is 1. The van der Waals surface area contributed by atoms with E-state index in [0.717, 1.165) is 4.31 Å². The molecule has 9 nitrogen and oxygen atoms in total. The SMILES string of the molecule is CCOC(=O)c1ccc(NC(=O)c2cc(Cl)c3c(c2)N(S(=O)(=O)c2cc(Cl)ccc2OC)CO3)cc1. The van der Waals surface area contributed by atoms with E-state index in [1.165, 1.54) is 49.6 Å². The van der Waals surface area contributed by atoms with E-state index < -0.39 is 21.9 Å². The predicted molar refractivity (Wildman–Crippen MR) is 135 cm³/mol. The highest BCUT2D eigenvalue weighted by molar-refractivity contribution is 7.93. The first kappa shape index (κ1) is 25.6. The van der Waals surface area contributed by atoms with Crippen LogP contribution in [0.4, 0.5) is 11.4 Å². The van der Waals surface area contributed by atoms with Crippen molar-refractivity contribution in [1.29, 1.82) is 0 Å². The summed E-state index contributed by atoms with van der Waals surface area (Å²) >= 11 is 12.4. The summed E-state index contributed by atoms with van der Waals surface area (Å²) in [5.41, 5.74) is 0.934. The molecule has 1 amide bonds. The number of nitrogens with one attached hydrogen (secondary N) is 1. The van der Waals surface area contributed by atoms with Crippen molar-refractivity contribution in [2.45, 2.75) is 11.8 Å². The molecule has 1 N–H and O–H groups in total. The zero-order chi connectivity index (χ0) is 26.0. The zero-order valence-corrected chi connectivity index (χ0v) is 21.4. The molecule has 0 fully saturated rings. The van der Waals surface area contributed by atoms with E-state index in [2.05, 4.69) is 5.32 Å². The van der Waals surface area contributed by atoms with Crippen molar-refractivity contribution in [3.63, 3.8) is 0 Å². The topological polar surface area (TPSA) is 111 Å². The van der Waals surface area contributed by atoms with Gasteiger partial charge in [0.05, 0.1) is 30.0 Å². The molecule has 188 valence electrons. The van der Waals surface area contributed by atoms with Gasteiger partial charge in [-0.2, -0.15) is 0 Å². The van der Waals surface area contributed by atoms with Crippen LogP contribution in [0.15, 0.2) is 59.5 Å². The van der Waals surface area contributed by atoms with Crippen molar-refractivity contribution in [3.8, 4) is 11.5 Å². The van der Waals surface area contributed by atoms with Crippen molar-refractivity contribution in [2.75, 3.05) is 30.1 Å². The highest BCUT2D eigenvalue weighted by Gasteiger charge is 2.36. The lowest BCUT2D eigenvalue weighted by atomic mass is 10.1. The lowest BCUT2D eigenvalue weighted by Gasteiger charge is -2.19. The van der Waals surface area contributed by atoms with Crippen LogP contribution in [0.2, 0.25) is 10.0 Å². The number of fused-ring (bicyclic) bond motifs is 1. The van der Waals surface area contributed by atoms with Crippen LogP contribution in [0.1, 0.15) is 27.6 Å². The summed E-state index contributed by atoms with van der Waals surface area (Å²) in [5, 5.41) is 2.95. The second-order valence-electron chi connectivity index (χ2n) is 7.48. The van der Waals surface area contributed by atoms with Gasteiger partial charge in [-0.05, 0) is 61.5 Å². The number of carbonyl (C=O) groups is 2. The third kappa shape index (κ3) is 4.92. The molecule has 0 radical (unpaired) electrons. The molecule has 0 bridgehead atoms. The van der Waals surface area contributed by atoms with Gasteiger partial charge < -0.3 is 19.5 Å². The molecular weight excluding hydrogens is 531 g/mol. The molecule has 0 aromatic heterocycles. The summed E-state index contributed by atoms with van der Waals surface area (Å²) < 4.78 is 43.6. The predicted octanol–water partition coefficient (Wildman–Crippen LogP) is 4.98. The van der Waals surface area contributed by atoms with Crippen LogP contribution in [0.3, 0.4) is 0 Å². The molecule has 12 heteroatoms. The standard InChI is InChI=1S/C24H20Cl2N2O7S/c1-3-34-24(30)14-4-7-17(8-5-14)27-23(29)15-10-18(26)22-19(11-15)28(13-35-22)36(31,32)21-12-16(25)6-9-20(21)33-2/h4-12H,3,13H2,1-2H3,(H,27,29). The summed E-state index contributed by atoms with van der Waals surface area (Å²) in [5.74, 6) is -0.803. The first-order chi connectivity index (χ1) is 17.1. The van der Waals surface area contributed by atoms with E-state index in [9.17, 15) is 18.0 Å². The first-order valence-corrected chi connectivity index (χ1v) is 12.8. The van der Waals surface area contributed by atoms with Crippen LogP contribution in [0, 0.1) is 0 Å². The van der Waals surface area contributed by atoms with E-state index in [4.69, 9.17) is 37.4 Å². The minimum Gasteiger partial charge on any atom is -0.495 e. The Kier molecular flexibility index (Phi) is 7.30. The third-order valence-corrected chi connectivity index (χ3v) is 7.50. The molecule has 3 aromatic rings. The molecule has 0 saturated heterocycles. The third-order valence-electron chi connectivity index (χ3n) is 5.23. The van der Waals surface area contributed by atoms with Crippen LogP contribution in [0.25, 0.3) is 0 Å². The van der Waals surface area contributed by atoms with Crippen molar-refractivity contribution in [2.24, 2.45) is 0 Å². The van der Waals surface area contributed by atoms with Gasteiger partial charge in [-0.15, -0.1) is 0 Å². The second kappa shape index (κ2) is 10.3. The maximum Gasteiger partial charge on any atom is 0.338 e. The van der Waals surface area contributed by atoms with Gasteiger partial charge in [0.25, 0.3) is 15.9 Å². The quantitative estimate of drug-likeness (QED) is 0.413. The lowest BCUT2D eigenvalue weighted by molar-refractivity contribution is 0.0526. The maximum atomic E-state index is 13.5. The van der Waals surface area contributed by atoms with Gasteiger partial charge in [0.15, 0.2) is 12.5 Å². The van der Waals surface area contributed by atoms with Crippen molar-refractivity contribution in [3.05, 3.63) is 75.8 Å². The Bertz CT molecular complexity index is 1440. The lowest BCUT2D eigenvalue weighted by Crippen LogP contribution is -2.30. The Morgan fingerprint density at radius 1 is 1.06 bits per heavy atom.